The molecule has 0 fully saturated rings. The van der Waals surface area contributed by atoms with Crippen molar-refractivity contribution in [2.75, 3.05) is 20.8 Å². The third-order valence-corrected chi connectivity index (χ3v) is 6.57. The van der Waals surface area contributed by atoms with Crippen LogP contribution in [0.15, 0.2) is 42.5 Å². The summed E-state index contributed by atoms with van der Waals surface area (Å²) in [6.45, 7) is 1.53. The van der Waals surface area contributed by atoms with Crippen LogP contribution in [0.3, 0.4) is 0 Å². The first-order valence-electron chi connectivity index (χ1n) is 11.1. The fourth-order valence-electron chi connectivity index (χ4n) is 5.00. The summed E-state index contributed by atoms with van der Waals surface area (Å²) in [5.41, 5.74) is 5.89. The number of ether oxygens (including phenoxy) is 4. The molecule has 1 aliphatic heterocycles. The molecule has 7 heteroatoms. The second-order valence-corrected chi connectivity index (χ2v) is 8.61. The van der Waals surface area contributed by atoms with Gasteiger partial charge >= 0.3 is 5.97 Å². The maximum absolute atomic E-state index is 11.7. The lowest BCUT2D eigenvalue weighted by Gasteiger charge is -2.24. The molecule has 0 bridgehead atoms. The van der Waals surface area contributed by atoms with E-state index in [0.717, 1.165) is 52.0 Å². The first kappa shape index (κ1) is 21.9. The summed E-state index contributed by atoms with van der Waals surface area (Å²) < 4.78 is 22.7. The Morgan fingerprint density at radius 1 is 1.00 bits per heavy atom. The van der Waals surface area contributed by atoms with Crippen molar-refractivity contribution < 1.29 is 34.0 Å². The van der Waals surface area contributed by atoms with Crippen LogP contribution < -0.4 is 14.2 Å². The molecule has 1 heterocycles. The van der Waals surface area contributed by atoms with Crippen LogP contribution in [-0.4, -0.2) is 37.0 Å². The number of phenols is 2. The quantitative estimate of drug-likeness (QED) is 0.533. The van der Waals surface area contributed by atoms with Crippen LogP contribution >= 0.6 is 0 Å². The van der Waals surface area contributed by atoms with E-state index in [0.29, 0.717) is 11.5 Å². The van der Waals surface area contributed by atoms with Gasteiger partial charge in [0.15, 0.2) is 11.5 Å². The average molecular weight is 462 g/mol. The van der Waals surface area contributed by atoms with Crippen LogP contribution in [0.2, 0.25) is 0 Å². The fourth-order valence-corrected chi connectivity index (χ4v) is 5.00. The zero-order valence-corrected chi connectivity index (χ0v) is 19.3. The number of rotatable bonds is 5. The van der Waals surface area contributed by atoms with Gasteiger partial charge in [0, 0.05) is 24.1 Å². The Morgan fingerprint density at radius 3 is 2.50 bits per heavy atom. The smallest absolute Gasteiger partial charge is 0.302 e. The topological polar surface area (TPSA) is 94.5 Å². The van der Waals surface area contributed by atoms with Gasteiger partial charge in [-0.2, -0.15) is 0 Å². The van der Waals surface area contributed by atoms with Crippen LogP contribution in [0.5, 0.6) is 28.7 Å². The molecule has 0 saturated heterocycles. The van der Waals surface area contributed by atoms with Gasteiger partial charge in [-0.05, 0) is 65.4 Å². The third-order valence-electron chi connectivity index (χ3n) is 6.57. The minimum atomic E-state index is -0.422. The Balaban J connectivity index is 1.62. The first-order valence-corrected chi connectivity index (χ1v) is 11.1. The van der Waals surface area contributed by atoms with Gasteiger partial charge in [-0.3, -0.25) is 4.79 Å². The van der Waals surface area contributed by atoms with Crippen molar-refractivity contribution in [3.05, 3.63) is 64.7 Å². The summed E-state index contributed by atoms with van der Waals surface area (Å²) in [7, 11) is 3.09. The van der Waals surface area contributed by atoms with Crippen molar-refractivity contribution >= 4 is 5.97 Å². The van der Waals surface area contributed by atoms with E-state index in [1.807, 2.05) is 0 Å². The lowest BCUT2D eigenvalue weighted by molar-refractivity contribution is -0.141. The highest BCUT2D eigenvalue weighted by Gasteiger charge is 2.38. The Labute approximate surface area is 197 Å². The van der Waals surface area contributed by atoms with E-state index < -0.39 is 6.10 Å². The highest BCUT2D eigenvalue weighted by molar-refractivity contribution is 5.81. The molecule has 0 amide bonds. The van der Waals surface area contributed by atoms with E-state index >= 15 is 0 Å². The SMILES string of the molecule is COc1cc(C2Oc3cc4c(cc3C2COC(C)=O)-c2c(cc(O)cc2OC)CC4)ccc1O. The molecule has 176 valence electrons. The van der Waals surface area contributed by atoms with Gasteiger partial charge in [0.25, 0.3) is 0 Å². The summed E-state index contributed by atoms with van der Waals surface area (Å²) in [6, 6.07) is 12.7. The minimum absolute atomic E-state index is 0.0423. The molecule has 2 atom stereocenters. The molecule has 2 unspecified atom stereocenters. The van der Waals surface area contributed by atoms with Crippen molar-refractivity contribution in [2.45, 2.75) is 31.8 Å². The van der Waals surface area contributed by atoms with E-state index in [9.17, 15) is 15.0 Å². The molecule has 2 N–H and O–H groups in total. The van der Waals surface area contributed by atoms with E-state index in [4.69, 9.17) is 18.9 Å². The molecule has 5 rings (SSSR count). The fraction of sp³-hybridized carbons (Fsp3) is 0.296. The van der Waals surface area contributed by atoms with Gasteiger partial charge in [0.2, 0.25) is 0 Å². The second kappa shape index (κ2) is 8.48. The summed E-state index contributed by atoms with van der Waals surface area (Å²) in [5.74, 6) is 1.31. The maximum Gasteiger partial charge on any atom is 0.302 e. The predicted molar refractivity (Wildman–Crippen MR) is 125 cm³/mol. The lowest BCUT2D eigenvalue weighted by Crippen LogP contribution is -2.17. The normalized spacial score (nSPS) is 17.7. The maximum atomic E-state index is 11.7. The van der Waals surface area contributed by atoms with Crippen LogP contribution in [0, 0.1) is 0 Å². The molecule has 7 nitrogen and oxygen atoms in total. The van der Waals surface area contributed by atoms with Crippen molar-refractivity contribution in [3.63, 3.8) is 0 Å². The summed E-state index contributed by atoms with van der Waals surface area (Å²) >= 11 is 0. The molecule has 0 radical (unpaired) electrons. The van der Waals surface area contributed by atoms with Gasteiger partial charge in [-0.15, -0.1) is 0 Å². The molecular weight excluding hydrogens is 436 g/mol. The van der Waals surface area contributed by atoms with Crippen LogP contribution in [0.1, 0.15) is 41.2 Å². The lowest BCUT2D eigenvalue weighted by atomic mass is 9.82. The van der Waals surface area contributed by atoms with E-state index in [1.54, 1.807) is 37.4 Å². The number of methoxy groups -OCH3 is 2. The van der Waals surface area contributed by atoms with Crippen molar-refractivity contribution in [3.8, 4) is 39.9 Å². The van der Waals surface area contributed by atoms with E-state index in [2.05, 4.69) is 12.1 Å². The highest BCUT2D eigenvalue weighted by atomic mass is 16.5. The molecule has 3 aromatic rings. The van der Waals surface area contributed by atoms with Gasteiger partial charge < -0.3 is 29.2 Å². The number of hydrogen-bond donors (Lipinski definition) is 2. The highest BCUT2D eigenvalue weighted by Crippen LogP contribution is 2.52. The van der Waals surface area contributed by atoms with Crippen LogP contribution in [-0.2, 0) is 22.4 Å². The first-order chi connectivity index (χ1) is 16.4. The van der Waals surface area contributed by atoms with Crippen molar-refractivity contribution in [1.82, 2.24) is 0 Å². The number of hydrogen-bond acceptors (Lipinski definition) is 7. The van der Waals surface area contributed by atoms with Gasteiger partial charge in [0.05, 0.1) is 20.1 Å². The number of carbonyl (C=O) groups is 1. The Kier molecular flexibility index (Phi) is 5.48. The number of aryl methyl sites for hydroxylation is 2. The molecule has 0 aromatic heterocycles. The number of carbonyl (C=O) groups excluding carboxylic acids is 1. The molecule has 0 spiro atoms. The Morgan fingerprint density at radius 2 is 1.76 bits per heavy atom. The number of aromatic hydroxyl groups is 2. The number of fused-ring (bicyclic) bond motifs is 4. The minimum Gasteiger partial charge on any atom is -0.508 e. The molecule has 3 aromatic carbocycles. The van der Waals surface area contributed by atoms with Crippen molar-refractivity contribution in [1.29, 1.82) is 0 Å². The zero-order valence-electron chi connectivity index (χ0n) is 19.3. The standard InChI is InChI=1S/C27H26O7/c1-14(28)33-13-21-20-12-19-15(4-5-16-8-18(29)11-25(32-3)26(16)19)9-23(20)34-27(21)17-6-7-22(30)24(10-17)31-2/h6-12,21,27,29-30H,4-5,13H2,1-3H3. The number of benzene rings is 3. The Bertz CT molecular complexity index is 1260. The number of phenolic OH excluding ortho intramolecular Hbond substituents is 2. The van der Waals surface area contributed by atoms with E-state index in [-0.39, 0.29) is 30.0 Å². The van der Waals surface area contributed by atoms with E-state index in [1.165, 1.54) is 14.0 Å². The number of esters is 1. The third kappa shape index (κ3) is 3.67. The monoisotopic (exact) mass is 462 g/mol. The molecular formula is C27H26O7. The Hall–Kier alpha value is -3.87. The second-order valence-electron chi connectivity index (χ2n) is 8.61. The average Bonchev–Trinajstić information content (AvgIpc) is 3.18. The van der Waals surface area contributed by atoms with Gasteiger partial charge in [0.1, 0.15) is 30.0 Å². The molecule has 34 heavy (non-hydrogen) atoms. The summed E-state index contributed by atoms with van der Waals surface area (Å²) in [5, 5.41) is 20.1. The zero-order chi connectivity index (χ0) is 24.0. The predicted octanol–water partition coefficient (Wildman–Crippen LogP) is 4.66. The van der Waals surface area contributed by atoms with Gasteiger partial charge in [-0.25, -0.2) is 0 Å². The summed E-state index contributed by atoms with van der Waals surface area (Å²) in [4.78, 5) is 11.7. The molecule has 2 aliphatic rings. The van der Waals surface area contributed by atoms with Crippen LogP contribution in [0.4, 0.5) is 0 Å². The summed E-state index contributed by atoms with van der Waals surface area (Å²) in [6.07, 6.45) is 1.16. The largest absolute Gasteiger partial charge is 0.508 e. The molecule has 0 saturated carbocycles. The van der Waals surface area contributed by atoms with Gasteiger partial charge in [-0.1, -0.05) is 6.07 Å². The van der Waals surface area contributed by atoms with Crippen molar-refractivity contribution in [2.24, 2.45) is 0 Å². The molecule has 1 aliphatic carbocycles. The van der Waals surface area contributed by atoms with Crippen LogP contribution in [0.25, 0.3) is 11.1 Å².